The molecule has 0 unspecified atom stereocenters. The summed E-state index contributed by atoms with van der Waals surface area (Å²) in [4.78, 5) is 13.7. The molecule has 0 aliphatic rings. The van der Waals surface area contributed by atoms with E-state index in [1.807, 2.05) is 54.0 Å². The Morgan fingerprint density at radius 3 is 2.57 bits per heavy atom. The number of nitrogens with zero attached hydrogens (tertiary/aromatic N) is 3. The highest BCUT2D eigenvalue weighted by Gasteiger charge is 2.19. The van der Waals surface area contributed by atoms with E-state index in [1.54, 1.807) is 6.33 Å². The molecule has 0 aliphatic carbocycles. The van der Waals surface area contributed by atoms with Crippen LogP contribution in [0.2, 0.25) is 0 Å². The summed E-state index contributed by atoms with van der Waals surface area (Å²) in [7, 11) is 4.20. The summed E-state index contributed by atoms with van der Waals surface area (Å²) in [6.07, 6.45) is 1.68. The molecule has 0 fully saturated rings. The molecule has 0 aliphatic heterocycles. The Bertz CT molecular complexity index is 910. The van der Waals surface area contributed by atoms with Gasteiger partial charge in [-0.25, -0.2) is 0 Å². The Kier molecular flexibility index (Phi) is 6.84. The zero-order valence-electron chi connectivity index (χ0n) is 16.4. The number of carbonyl (C=O) groups excluding carboxylic acids is 1. The SMILES string of the molecule is Cc1ccccc1-n1cnnc1SCC(=O)NC[C@@H](c1ccccc1)[NH+](C)C. The van der Waals surface area contributed by atoms with Gasteiger partial charge in [0.2, 0.25) is 5.91 Å². The number of benzene rings is 2. The maximum atomic E-state index is 12.4. The van der Waals surface area contributed by atoms with Gasteiger partial charge in [0.05, 0.1) is 32.1 Å². The van der Waals surface area contributed by atoms with Crippen molar-refractivity contribution in [3.8, 4) is 5.69 Å². The van der Waals surface area contributed by atoms with E-state index < -0.39 is 0 Å². The van der Waals surface area contributed by atoms with Crippen LogP contribution in [-0.2, 0) is 4.79 Å². The molecule has 0 saturated heterocycles. The summed E-state index contributed by atoms with van der Waals surface area (Å²) in [6, 6.07) is 18.5. The van der Waals surface area contributed by atoms with E-state index in [-0.39, 0.29) is 11.9 Å². The Balaban J connectivity index is 1.58. The van der Waals surface area contributed by atoms with Crippen molar-refractivity contribution >= 4 is 17.7 Å². The molecule has 0 spiro atoms. The third kappa shape index (κ3) is 4.99. The van der Waals surface area contributed by atoms with E-state index >= 15 is 0 Å². The first kappa shape index (κ1) is 20.1. The Morgan fingerprint density at radius 2 is 1.86 bits per heavy atom. The van der Waals surface area contributed by atoms with Crippen LogP contribution < -0.4 is 10.2 Å². The predicted octanol–water partition coefficient (Wildman–Crippen LogP) is 1.67. The van der Waals surface area contributed by atoms with Crippen LogP contribution in [0.25, 0.3) is 5.69 Å². The molecular weight excluding hydrogens is 370 g/mol. The molecule has 7 heteroatoms. The van der Waals surface area contributed by atoms with Crippen molar-refractivity contribution in [1.29, 1.82) is 0 Å². The Labute approximate surface area is 170 Å². The zero-order valence-corrected chi connectivity index (χ0v) is 17.2. The smallest absolute Gasteiger partial charge is 0.230 e. The number of quaternary nitrogens is 1. The Hall–Kier alpha value is -2.64. The van der Waals surface area contributed by atoms with Crippen molar-refractivity contribution in [2.45, 2.75) is 18.1 Å². The van der Waals surface area contributed by atoms with Crippen molar-refractivity contribution in [1.82, 2.24) is 20.1 Å². The van der Waals surface area contributed by atoms with Crippen LogP contribution in [0.5, 0.6) is 0 Å². The minimum atomic E-state index is -0.00786. The second-order valence-electron chi connectivity index (χ2n) is 6.90. The molecule has 6 nitrogen and oxygen atoms in total. The number of thioether (sulfide) groups is 1. The molecule has 3 aromatic rings. The average molecular weight is 397 g/mol. The van der Waals surface area contributed by atoms with E-state index in [1.165, 1.54) is 22.2 Å². The minimum Gasteiger partial charge on any atom is -0.349 e. The van der Waals surface area contributed by atoms with Crippen LogP contribution in [0.15, 0.2) is 66.1 Å². The van der Waals surface area contributed by atoms with Gasteiger partial charge in [0.15, 0.2) is 5.16 Å². The number of aryl methyl sites for hydroxylation is 1. The number of likely N-dealkylation sites (N-methyl/N-ethyl adjacent to an activating group) is 1. The molecule has 2 aromatic carbocycles. The molecule has 2 N–H and O–H groups in total. The van der Waals surface area contributed by atoms with E-state index in [0.717, 1.165) is 11.3 Å². The lowest BCUT2D eigenvalue weighted by Crippen LogP contribution is -3.07. The maximum absolute atomic E-state index is 12.4. The highest BCUT2D eigenvalue weighted by atomic mass is 32.2. The van der Waals surface area contributed by atoms with Crippen LogP contribution in [-0.4, -0.2) is 47.1 Å². The maximum Gasteiger partial charge on any atom is 0.230 e. The number of hydrogen-bond acceptors (Lipinski definition) is 4. The lowest BCUT2D eigenvalue weighted by molar-refractivity contribution is -0.890. The van der Waals surface area contributed by atoms with E-state index in [4.69, 9.17) is 0 Å². The van der Waals surface area contributed by atoms with Crippen molar-refractivity contribution in [2.75, 3.05) is 26.4 Å². The summed E-state index contributed by atoms with van der Waals surface area (Å²) in [5.74, 6) is 0.293. The fraction of sp³-hybridized carbons (Fsp3) is 0.286. The number of aromatic nitrogens is 3. The highest BCUT2D eigenvalue weighted by molar-refractivity contribution is 7.99. The third-order valence-corrected chi connectivity index (χ3v) is 5.57. The first-order valence-electron chi connectivity index (χ1n) is 9.26. The molecule has 1 amide bonds. The summed E-state index contributed by atoms with van der Waals surface area (Å²) in [5.41, 5.74) is 3.37. The molecule has 1 aromatic heterocycles. The molecular formula is C21H26N5OS+. The van der Waals surface area contributed by atoms with Gasteiger partial charge >= 0.3 is 0 Å². The van der Waals surface area contributed by atoms with Gasteiger partial charge in [-0.3, -0.25) is 9.36 Å². The van der Waals surface area contributed by atoms with Gasteiger partial charge in [-0.2, -0.15) is 0 Å². The molecule has 3 rings (SSSR count). The first-order chi connectivity index (χ1) is 13.6. The second kappa shape index (κ2) is 9.52. The number of amides is 1. The molecule has 1 atom stereocenters. The van der Waals surface area contributed by atoms with E-state index in [9.17, 15) is 4.79 Å². The normalized spacial score (nSPS) is 12.1. The monoisotopic (exact) mass is 396 g/mol. The van der Waals surface area contributed by atoms with Gasteiger partial charge in [0, 0.05) is 5.56 Å². The predicted molar refractivity (Wildman–Crippen MR) is 112 cm³/mol. The van der Waals surface area contributed by atoms with Crippen LogP contribution in [0.3, 0.4) is 0 Å². The largest absolute Gasteiger partial charge is 0.349 e. The molecule has 0 saturated carbocycles. The Morgan fingerprint density at radius 1 is 1.14 bits per heavy atom. The molecule has 0 bridgehead atoms. The van der Waals surface area contributed by atoms with Gasteiger partial charge in [-0.05, 0) is 18.6 Å². The standard InChI is InChI=1S/C21H25N5OS/c1-16-9-7-8-12-18(16)26-15-23-24-21(26)28-14-20(27)22-13-19(25(2)3)17-10-5-4-6-11-17/h4-12,15,19H,13-14H2,1-3H3,(H,22,27)/p+1/t19-/m0/s1. The van der Waals surface area contributed by atoms with Gasteiger partial charge in [-0.1, -0.05) is 60.3 Å². The highest BCUT2D eigenvalue weighted by Crippen LogP contribution is 2.21. The quantitative estimate of drug-likeness (QED) is 0.569. The van der Waals surface area contributed by atoms with Crippen LogP contribution in [0.4, 0.5) is 0 Å². The molecule has 1 heterocycles. The average Bonchev–Trinajstić information content (AvgIpc) is 3.16. The summed E-state index contributed by atoms with van der Waals surface area (Å²) in [5, 5.41) is 11.9. The summed E-state index contributed by atoms with van der Waals surface area (Å²) in [6.45, 7) is 2.64. The van der Waals surface area contributed by atoms with Gasteiger partial charge in [0.1, 0.15) is 12.4 Å². The van der Waals surface area contributed by atoms with Crippen LogP contribution >= 0.6 is 11.8 Å². The number of rotatable bonds is 8. The van der Waals surface area contributed by atoms with Crippen molar-refractivity contribution in [3.05, 3.63) is 72.1 Å². The fourth-order valence-corrected chi connectivity index (χ4v) is 3.81. The van der Waals surface area contributed by atoms with Crippen molar-refractivity contribution in [2.24, 2.45) is 0 Å². The zero-order chi connectivity index (χ0) is 19.9. The number of nitrogens with one attached hydrogen (secondary N) is 2. The lowest BCUT2D eigenvalue weighted by Gasteiger charge is -2.22. The van der Waals surface area contributed by atoms with Gasteiger partial charge < -0.3 is 10.2 Å². The topological polar surface area (TPSA) is 64.2 Å². The van der Waals surface area contributed by atoms with Crippen LogP contribution in [0, 0.1) is 6.92 Å². The number of carbonyl (C=O) groups is 1. The summed E-state index contributed by atoms with van der Waals surface area (Å²) < 4.78 is 1.92. The minimum absolute atomic E-state index is 0.00786. The van der Waals surface area contributed by atoms with Crippen molar-refractivity contribution in [3.63, 3.8) is 0 Å². The molecule has 146 valence electrons. The fourth-order valence-electron chi connectivity index (χ4n) is 3.06. The van der Waals surface area contributed by atoms with Gasteiger partial charge in [0.25, 0.3) is 0 Å². The van der Waals surface area contributed by atoms with Crippen molar-refractivity contribution < 1.29 is 9.69 Å². The second-order valence-corrected chi connectivity index (χ2v) is 7.85. The lowest BCUT2D eigenvalue weighted by atomic mass is 10.1. The summed E-state index contributed by atoms with van der Waals surface area (Å²) >= 11 is 1.39. The third-order valence-electron chi connectivity index (χ3n) is 4.63. The number of hydrogen-bond donors (Lipinski definition) is 2. The van der Waals surface area contributed by atoms with Gasteiger partial charge in [-0.15, -0.1) is 10.2 Å². The van der Waals surface area contributed by atoms with E-state index in [0.29, 0.717) is 17.5 Å². The number of para-hydroxylation sites is 1. The first-order valence-corrected chi connectivity index (χ1v) is 10.3. The molecule has 28 heavy (non-hydrogen) atoms. The van der Waals surface area contributed by atoms with E-state index in [2.05, 4.69) is 41.7 Å². The molecule has 0 radical (unpaired) electrons. The van der Waals surface area contributed by atoms with Crippen LogP contribution in [0.1, 0.15) is 17.2 Å².